The molecule has 0 spiro atoms. The number of methoxy groups -OCH3 is 2. The van der Waals surface area contributed by atoms with Gasteiger partial charge in [-0.05, 0) is 42.3 Å². The van der Waals surface area contributed by atoms with Crippen LogP contribution in [0.25, 0.3) is 0 Å². The van der Waals surface area contributed by atoms with Crippen molar-refractivity contribution >= 4 is 52.8 Å². The first-order valence-electron chi connectivity index (χ1n) is 10.6. The quantitative estimate of drug-likeness (QED) is 0.412. The molecule has 0 bridgehead atoms. The number of amides is 2. The van der Waals surface area contributed by atoms with Gasteiger partial charge in [0, 0.05) is 16.6 Å². The molecular weight excluding hydrogens is 506 g/mol. The van der Waals surface area contributed by atoms with Crippen molar-refractivity contribution in [2.24, 2.45) is 5.92 Å². The van der Waals surface area contributed by atoms with Crippen molar-refractivity contribution in [3.05, 3.63) is 74.8 Å². The highest BCUT2D eigenvalue weighted by Crippen LogP contribution is 2.40. The van der Waals surface area contributed by atoms with Crippen LogP contribution in [0.4, 0.5) is 5.69 Å². The molecule has 2 amide bonds. The van der Waals surface area contributed by atoms with Crippen molar-refractivity contribution in [1.29, 1.82) is 5.26 Å². The van der Waals surface area contributed by atoms with Crippen molar-refractivity contribution in [2.45, 2.75) is 12.8 Å². The molecule has 2 N–H and O–H groups in total. The first-order valence-corrected chi connectivity index (χ1v) is 12.0. The Balaban J connectivity index is 1.92. The van der Waals surface area contributed by atoms with Crippen LogP contribution in [-0.4, -0.2) is 43.7 Å². The van der Waals surface area contributed by atoms with Gasteiger partial charge in [-0.2, -0.15) is 5.26 Å². The standard InChI is InChI=1S/C25H22ClN3O6S/c1-13-17(26)5-4-6-18(13)28-19(30)12-36-23-16(11-27)20(21(22(31)29-23)25(33)35-3)14-7-9-15(10-8-14)24(32)34-2/h4-10,20-21H,12H2,1-3H3,(H,28,30)(H,29,31)/t20-,21+/m0/s1. The fourth-order valence-electron chi connectivity index (χ4n) is 3.69. The van der Waals surface area contributed by atoms with Crippen LogP contribution in [0.1, 0.15) is 27.4 Å². The highest BCUT2D eigenvalue weighted by Gasteiger charge is 2.44. The molecule has 1 heterocycles. The summed E-state index contributed by atoms with van der Waals surface area (Å²) >= 11 is 7.06. The summed E-state index contributed by atoms with van der Waals surface area (Å²) in [6, 6.07) is 13.2. The van der Waals surface area contributed by atoms with Crippen molar-refractivity contribution in [3.8, 4) is 6.07 Å². The van der Waals surface area contributed by atoms with Crippen molar-refractivity contribution < 1.29 is 28.7 Å². The zero-order chi connectivity index (χ0) is 26.4. The normalized spacial score (nSPS) is 17.0. The van der Waals surface area contributed by atoms with E-state index in [1.54, 1.807) is 37.3 Å². The molecule has 3 rings (SSSR count). The number of carbonyl (C=O) groups excluding carboxylic acids is 4. The van der Waals surface area contributed by atoms with Crippen molar-refractivity contribution in [1.82, 2.24) is 5.32 Å². The lowest BCUT2D eigenvalue weighted by atomic mass is 9.78. The predicted octanol–water partition coefficient (Wildman–Crippen LogP) is 3.54. The number of anilines is 1. The molecular formula is C25H22ClN3O6S. The summed E-state index contributed by atoms with van der Waals surface area (Å²) in [5.41, 5.74) is 2.05. The lowest BCUT2D eigenvalue weighted by Crippen LogP contribution is -2.44. The number of thioether (sulfide) groups is 1. The summed E-state index contributed by atoms with van der Waals surface area (Å²) in [7, 11) is 2.40. The third-order valence-electron chi connectivity index (χ3n) is 5.56. The van der Waals surface area contributed by atoms with E-state index in [-0.39, 0.29) is 27.8 Å². The summed E-state index contributed by atoms with van der Waals surface area (Å²) in [5.74, 6) is -4.86. The summed E-state index contributed by atoms with van der Waals surface area (Å²) in [6.07, 6.45) is 0. The monoisotopic (exact) mass is 527 g/mol. The van der Waals surface area contributed by atoms with Crippen LogP contribution >= 0.6 is 23.4 Å². The van der Waals surface area contributed by atoms with E-state index in [0.717, 1.165) is 18.9 Å². The van der Waals surface area contributed by atoms with Gasteiger partial charge < -0.3 is 20.1 Å². The average molecular weight is 528 g/mol. The van der Waals surface area contributed by atoms with E-state index < -0.39 is 29.7 Å². The van der Waals surface area contributed by atoms with Crippen molar-refractivity contribution in [3.63, 3.8) is 0 Å². The Hall–Kier alpha value is -3.81. The Morgan fingerprint density at radius 1 is 1.14 bits per heavy atom. The Bertz CT molecular complexity index is 1290. The maximum atomic E-state index is 12.9. The minimum Gasteiger partial charge on any atom is -0.468 e. The second kappa shape index (κ2) is 11.7. The Morgan fingerprint density at radius 3 is 2.44 bits per heavy atom. The Morgan fingerprint density at radius 2 is 1.83 bits per heavy atom. The molecule has 0 unspecified atom stereocenters. The largest absolute Gasteiger partial charge is 0.468 e. The number of benzene rings is 2. The maximum Gasteiger partial charge on any atom is 0.337 e. The number of hydrogen-bond acceptors (Lipinski definition) is 8. The molecule has 11 heteroatoms. The molecule has 0 fully saturated rings. The third kappa shape index (κ3) is 5.70. The summed E-state index contributed by atoms with van der Waals surface area (Å²) in [6.45, 7) is 1.77. The van der Waals surface area contributed by atoms with Gasteiger partial charge in [0.25, 0.3) is 0 Å². The molecule has 0 aromatic heterocycles. The number of nitrogens with zero attached hydrogens (tertiary/aromatic N) is 1. The average Bonchev–Trinajstić information content (AvgIpc) is 2.88. The van der Waals surface area contributed by atoms with E-state index in [2.05, 4.69) is 16.7 Å². The Kier molecular flexibility index (Phi) is 8.74. The van der Waals surface area contributed by atoms with Crippen LogP contribution in [0.2, 0.25) is 5.02 Å². The summed E-state index contributed by atoms with van der Waals surface area (Å²) < 4.78 is 9.52. The van der Waals surface area contributed by atoms with Crippen LogP contribution in [0.5, 0.6) is 0 Å². The maximum absolute atomic E-state index is 12.9. The lowest BCUT2D eigenvalue weighted by molar-refractivity contribution is -0.150. The van der Waals surface area contributed by atoms with Gasteiger partial charge in [0.2, 0.25) is 11.8 Å². The minimum absolute atomic E-state index is 0.0903. The third-order valence-corrected chi connectivity index (χ3v) is 6.99. The lowest BCUT2D eigenvalue weighted by Gasteiger charge is -2.31. The van der Waals surface area contributed by atoms with E-state index in [1.165, 1.54) is 19.2 Å². The molecule has 1 aliphatic heterocycles. The van der Waals surface area contributed by atoms with E-state index in [0.29, 0.717) is 21.8 Å². The summed E-state index contributed by atoms with van der Waals surface area (Å²) in [5, 5.41) is 16.0. The van der Waals surface area contributed by atoms with E-state index >= 15 is 0 Å². The fraction of sp³-hybridized carbons (Fsp3) is 0.240. The van der Waals surface area contributed by atoms with Crippen LogP contribution in [-0.2, 0) is 23.9 Å². The molecule has 0 saturated carbocycles. The van der Waals surface area contributed by atoms with Gasteiger partial charge in [0.15, 0.2) is 0 Å². The number of allylic oxidation sites excluding steroid dienone is 1. The second-order valence-electron chi connectivity index (χ2n) is 7.69. The van der Waals surface area contributed by atoms with E-state index in [1.807, 2.05) is 0 Å². The first-order chi connectivity index (χ1) is 17.2. The van der Waals surface area contributed by atoms with Crippen LogP contribution in [0, 0.1) is 24.2 Å². The second-order valence-corrected chi connectivity index (χ2v) is 9.08. The fourth-order valence-corrected chi connectivity index (χ4v) is 4.71. The number of esters is 2. The SMILES string of the molecule is COC(=O)c1ccc([C@H]2C(C#N)=C(SCC(=O)Nc3cccc(Cl)c3C)NC(=O)[C@@H]2C(=O)OC)cc1. The number of nitrogens with one attached hydrogen (secondary N) is 2. The number of halogens is 1. The van der Waals surface area contributed by atoms with Gasteiger partial charge in [-0.1, -0.05) is 41.6 Å². The van der Waals surface area contributed by atoms with Gasteiger partial charge in [0.1, 0.15) is 5.92 Å². The topological polar surface area (TPSA) is 135 Å². The minimum atomic E-state index is -1.33. The van der Waals surface area contributed by atoms with Gasteiger partial charge in [-0.25, -0.2) is 4.79 Å². The smallest absolute Gasteiger partial charge is 0.337 e. The van der Waals surface area contributed by atoms with Crippen LogP contribution < -0.4 is 10.6 Å². The molecule has 9 nitrogen and oxygen atoms in total. The van der Waals surface area contributed by atoms with Crippen LogP contribution in [0.3, 0.4) is 0 Å². The molecule has 186 valence electrons. The molecule has 1 aliphatic rings. The van der Waals surface area contributed by atoms with Crippen molar-refractivity contribution in [2.75, 3.05) is 25.3 Å². The van der Waals surface area contributed by atoms with Gasteiger partial charge in [-0.3, -0.25) is 14.4 Å². The van der Waals surface area contributed by atoms with Gasteiger partial charge >= 0.3 is 11.9 Å². The first kappa shape index (κ1) is 26.8. The molecule has 2 aromatic rings. The van der Waals surface area contributed by atoms with E-state index in [4.69, 9.17) is 21.1 Å². The zero-order valence-electron chi connectivity index (χ0n) is 19.6. The molecule has 36 heavy (non-hydrogen) atoms. The highest BCUT2D eigenvalue weighted by molar-refractivity contribution is 8.03. The number of carbonyl (C=O) groups is 4. The number of nitriles is 1. The number of rotatable bonds is 7. The number of hydrogen-bond donors (Lipinski definition) is 2. The van der Waals surface area contributed by atoms with Crippen LogP contribution in [0.15, 0.2) is 53.1 Å². The van der Waals surface area contributed by atoms with Gasteiger partial charge in [0.05, 0.1) is 42.2 Å². The summed E-state index contributed by atoms with van der Waals surface area (Å²) in [4.78, 5) is 49.8. The molecule has 2 atom stereocenters. The zero-order valence-corrected chi connectivity index (χ0v) is 21.2. The van der Waals surface area contributed by atoms with E-state index in [9.17, 15) is 24.4 Å². The van der Waals surface area contributed by atoms with Gasteiger partial charge in [-0.15, -0.1) is 0 Å². The molecule has 2 aromatic carbocycles. The Labute approximate surface area is 216 Å². The predicted molar refractivity (Wildman–Crippen MR) is 134 cm³/mol. The molecule has 0 radical (unpaired) electrons. The number of ether oxygens (including phenoxy) is 2. The molecule has 0 saturated heterocycles. The highest BCUT2D eigenvalue weighted by atomic mass is 35.5. The molecule has 0 aliphatic carbocycles.